The number of rotatable bonds is 4. The molecule has 0 N–H and O–H groups in total. The van der Waals surface area contributed by atoms with E-state index < -0.39 is 5.97 Å². The molecule has 5 heteroatoms. The van der Waals surface area contributed by atoms with Gasteiger partial charge in [0.1, 0.15) is 11.3 Å². The molecule has 0 amide bonds. The van der Waals surface area contributed by atoms with Gasteiger partial charge in [-0.15, -0.1) is 0 Å². The summed E-state index contributed by atoms with van der Waals surface area (Å²) in [5, 5.41) is 0.579. The smallest absolute Gasteiger partial charge is 0.341 e. The van der Waals surface area contributed by atoms with Gasteiger partial charge in [0.15, 0.2) is 0 Å². The van der Waals surface area contributed by atoms with Crippen LogP contribution in [0.4, 0.5) is 5.69 Å². The molecule has 0 aliphatic heterocycles. The van der Waals surface area contributed by atoms with Crippen LogP contribution in [0.15, 0.2) is 77.8 Å². The predicted molar refractivity (Wildman–Crippen MR) is 107 cm³/mol. The number of carbonyl (C=O) groups is 1. The standard InChI is InChI=1S/C22H18ClNO3/c1-15-8-6-13-19(22(25)26-2)20(15)27-21(16-9-4-3-5-10-16)24-18-12-7-11-17(23)14-18/h3-14H,1-2H3. The van der Waals surface area contributed by atoms with Gasteiger partial charge in [-0.2, -0.15) is 0 Å². The lowest BCUT2D eigenvalue weighted by Gasteiger charge is -2.14. The first-order valence-electron chi connectivity index (χ1n) is 8.34. The number of benzene rings is 3. The third kappa shape index (κ3) is 4.54. The quantitative estimate of drug-likeness (QED) is 0.337. The van der Waals surface area contributed by atoms with Crippen molar-refractivity contribution in [3.8, 4) is 5.75 Å². The molecule has 0 fully saturated rings. The Morgan fingerprint density at radius 1 is 0.963 bits per heavy atom. The van der Waals surface area contributed by atoms with E-state index in [4.69, 9.17) is 21.1 Å². The van der Waals surface area contributed by atoms with Gasteiger partial charge in [0.25, 0.3) is 0 Å². The summed E-state index contributed by atoms with van der Waals surface area (Å²) in [6, 6.07) is 22.0. The Morgan fingerprint density at radius 2 is 1.70 bits per heavy atom. The van der Waals surface area contributed by atoms with Crippen LogP contribution in [-0.4, -0.2) is 19.0 Å². The summed E-state index contributed by atoms with van der Waals surface area (Å²) in [6.45, 7) is 1.86. The second-order valence-electron chi connectivity index (χ2n) is 5.81. The SMILES string of the molecule is COC(=O)c1cccc(C)c1OC(=Nc1cccc(Cl)c1)c1ccccc1. The van der Waals surface area contributed by atoms with E-state index >= 15 is 0 Å². The van der Waals surface area contributed by atoms with Crippen LogP contribution in [0.5, 0.6) is 5.75 Å². The zero-order valence-electron chi connectivity index (χ0n) is 15.0. The Balaban J connectivity index is 2.10. The molecule has 3 rings (SSSR count). The molecular formula is C22H18ClNO3. The van der Waals surface area contributed by atoms with E-state index in [9.17, 15) is 4.79 Å². The van der Waals surface area contributed by atoms with E-state index in [1.165, 1.54) is 7.11 Å². The summed E-state index contributed by atoms with van der Waals surface area (Å²) in [7, 11) is 1.34. The minimum atomic E-state index is -0.469. The van der Waals surface area contributed by atoms with Gasteiger partial charge in [-0.1, -0.05) is 48.0 Å². The average molecular weight is 380 g/mol. The molecule has 27 heavy (non-hydrogen) atoms. The highest BCUT2D eigenvalue weighted by Gasteiger charge is 2.18. The Hall–Kier alpha value is -3.11. The van der Waals surface area contributed by atoms with Crippen LogP contribution < -0.4 is 4.74 Å². The van der Waals surface area contributed by atoms with Gasteiger partial charge in [0.05, 0.1) is 12.8 Å². The van der Waals surface area contributed by atoms with Gasteiger partial charge in [0.2, 0.25) is 5.90 Å². The summed E-state index contributed by atoms with van der Waals surface area (Å²) in [4.78, 5) is 16.8. The largest absolute Gasteiger partial charge is 0.465 e. The third-order valence-corrected chi connectivity index (χ3v) is 4.11. The number of esters is 1. The number of carbonyl (C=O) groups excluding carboxylic acids is 1. The highest BCUT2D eigenvalue weighted by atomic mass is 35.5. The molecule has 0 aliphatic rings. The second-order valence-corrected chi connectivity index (χ2v) is 6.24. The van der Waals surface area contributed by atoms with Gasteiger partial charge < -0.3 is 9.47 Å². The minimum absolute atomic E-state index is 0.340. The van der Waals surface area contributed by atoms with Crippen molar-refractivity contribution in [2.75, 3.05) is 7.11 Å². The van der Waals surface area contributed by atoms with Gasteiger partial charge in [-0.25, -0.2) is 9.79 Å². The van der Waals surface area contributed by atoms with Crippen LogP contribution in [0.3, 0.4) is 0 Å². The normalized spacial score (nSPS) is 11.1. The number of ether oxygens (including phenoxy) is 2. The van der Waals surface area contributed by atoms with Crippen molar-refractivity contribution in [1.82, 2.24) is 0 Å². The first kappa shape index (κ1) is 18.7. The van der Waals surface area contributed by atoms with Crippen LogP contribution >= 0.6 is 11.6 Å². The molecule has 0 saturated carbocycles. The van der Waals surface area contributed by atoms with Crippen molar-refractivity contribution < 1.29 is 14.3 Å². The van der Waals surface area contributed by atoms with Crippen LogP contribution in [0.25, 0.3) is 0 Å². The Morgan fingerprint density at radius 3 is 2.41 bits per heavy atom. The summed E-state index contributed by atoms with van der Waals surface area (Å²) in [5.74, 6) is 0.301. The van der Waals surface area contributed by atoms with Gasteiger partial charge in [0, 0.05) is 10.6 Å². The third-order valence-electron chi connectivity index (χ3n) is 3.88. The summed E-state index contributed by atoms with van der Waals surface area (Å²) in [6.07, 6.45) is 0. The van der Waals surface area contributed by atoms with Crippen LogP contribution in [0.2, 0.25) is 5.02 Å². The van der Waals surface area contributed by atoms with E-state index in [0.717, 1.165) is 11.1 Å². The molecule has 3 aromatic rings. The number of para-hydroxylation sites is 1. The van der Waals surface area contributed by atoms with Crippen molar-refractivity contribution >= 4 is 29.2 Å². The van der Waals surface area contributed by atoms with Gasteiger partial charge in [-0.3, -0.25) is 0 Å². The molecule has 0 heterocycles. The molecule has 0 bridgehead atoms. The number of nitrogens with zero attached hydrogens (tertiary/aromatic N) is 1. The van der Waals surface area contributed by atoms with E-state index in [1.807, 2.05) is 55.5 Å². The second kappa shape index (κ2) is 8.52. The molecule has 0 aliphatic carbocycles. The van der Waals surface area contributed by atoms with Crippen LogP contribution in [0.1, 0.15) is 21.5 Å². The van der Waals surface area contributed by atoms with Gasteiger partial charge >= 0.3 is 5.97 Å². The molecular weight excluding hydrogens is 362 g/mol. The Kier molecular flexibility index (Phi) is 5.89. The highest BCUT2D eigenvalue weighted by Crippen LogP contribution is 2.27. The maximum absolute atomic E-state index is 12.1. The predicted octanol–water partition coefficient (Wildman–Crippen LogP) is 5.59. The van der Waals surface area contributed by atoms with E-state index in [1.54, 1.807) is 24.3 Å². The maximum Gasteiger partial charge on any atom is 0.341 e. The lowest BCUT2D eigenvalue weighted by molar-refractivity contribution is 0.0598. The summed E-state index contributed by atoms with van der Waals surface area (Å²) < 4.78 is 11.0. The van der Waals surface area contributed by atoms with Crippen molar-refractivity contribution in [3.05, 3.63) is 94.5 Å². The molecule has 4 nitrogen and oxygen atoms in total. The zero-order valence-corrected chi connectivity index (χ0v) is 15.7. The Bertz CT molecular complexity index is 984. The molecule has 3 aromatic carbocycles. The molecule has 0 radical (unpaired) electrons. The fourth-order valence-corrected chi connectivity index (χ4v) is 2.73. The van der Waals surface area contributed by atoms with Crippen molar-refractivity contribution in [3.63, 3.8) is 0 Å². The number of aliphatic imine (C=N–C) groups is 1. The minimum Gasteiger partial charge on any atom is -0.465 e. The average Bonchev–Trinajstić information content (AvgIpc) is 2.69. The van der Waals surface area contributed by atoms with Crippen LogP contribution in [0, 0.1) is 6.92 Å². The Labute approximate surface area is 163 Å². The fraction of sp³-hybridized carbons (Fsp3) is 0.0909. The van der Waals surface area contributed by atoms with Crippen molar-refractivity contribution in [2.45, 2.75) is 6.92 Å². The monoisotopic (exact) mass is 379 g/mol. The zero-order chi connectivity index (χ0) is 19.2. The molecule has 136 valence electrons. The number of halogens is 1. The number of aryl methyl sites for hydroxylation is 1. The number of hydrogen-bond donors (Lipinski definition) is 0. The summed E-state index contributed by atoms with van der Waals surface area (Å²) in [5.41, 5.74) is 2.56. The lowest BCUT2D eigenvalue weighted by Crippen LogP contribution is -2.14. The van der Waals surface area contributed by atoms with E-state index in [2.05, 4.69) is 4.99 Å². The van der Waals surface area contributed by atoms with E-state index in [-0.39, 0.29) is 0 Å². The molecule has 0 spiro atoms. The molecule has 0 aromatic heterocycles. The highest BCUT2D eigenvalue weighted by molar-refractivity contribution is 6.30. The first-order chi connectivity index (χ1) is 13.1. The van der Waals surface area contributed by atoms with Gasteiger partial charge in [-0.05, 0) is 48.9 Å². The number of methoxy groups -OCH3 is 1. The van der Waals surface area contributed by atoms with Crippen LogP contribution in [-0.2, 0) is 4.74 Å². The van der Waals surface area contributed by atoms with E-state index in [0.29, 0.717) is 27.9 Å². The summed E-state index contributed by atoms with van der Waals surface area (Å²) >= 11 is 6.07. The fourth-order valence-electron chi connectivity index (χ4n) is 2.55. The molecule has 0 atom stereocenters. The topological polar surface area (TPSA) is 47.9 Å². The number of hydrogen-bond acceptors (Lipinski definition) is 4. The first-order valence-corrected chi connectivity index (χ1v) is 8.71. The van der Waals surface area contributed by atoms with Crippen molar-refractivity contribution in [1.29, 1.82) is 0 Å². The maximum atomic E-state index is 12.1. The molecule has 0 unspecified atom stereocenters. The lowest BCUT2D eigenvalue weighted by atomic mass is 10.1. The molecule has 0 saturated heterocycles. The van der Waals surface area contributed by atoms with Crippen molar-refractivity contribution in [2.24, 2.45) is 4.99 Å².